The zero-order valence-electron chi connectivity index (χ0n) is 15.6. The fourth-order valence-corrected chi connectivity index (χ4v) is 3.04. The van der Waals surface area contributed by atoms with Crippen molar-refractivity contribution in [1.82, 2.24) is 4.98 Å². The molecule has 1 aliphatic rings. The smallest absolute Gasteiger partial charge is 0.313 e. The third-order valence-corrected chi connectivity index (χ3v) is 4.83. The molecule has 0 unspecified atom stereocenters. The SMILES string of the molecule is C[C@]1(F)CC(F)(F)[C@@](C)(c2cc(NC(=O)c3coc(C(F)F)n3)ccc2F)N=C1N. The molecule has 2 aromatic rings. The number of hydrogen-bond acceptors (Lipinski definition) is 5. The molecular formula is C18H16F6N4O2. The van der Waals surface area contributed by atoms with Crippen molar-refractivity contribution in [3.8, 4) is 0 Å². The summed E-state index contributed by atoms with van der Waals surface area (Å²) < 4.78 is 87.8. The maximum Gasteiger partial charge on any atom is 0.313 e. The Hall–Kier alpha value is -3.05. The number of nitrogens with zero attached hydrogens (tertiary/aromatic N) is 2. The number of carbonyl (C=O) groups is 1. The lowest BCUT2D eigenvalue weighted by atomic mass is 9.77. The molecule has 162 valence electrons. The Morgan fingerprint density at radius 3 is 2.53 bits per heavy atom. The van der Waals surface area contributed by atoms with Crippen LogP contribution in [-0.2, 0) is 5.54 Å². The summed E-state index contributed by atoms with van der Waals surface area (Å²) in [7, 11) is 0. The Morgan fingerprint density at radius 1 is 1.27 bits per heavy atom. The van der Waals surface area contributed by atoms with E-state index in [4.69, 9.17) is 5.73 Å². The van der Waals surface area contributed by atoms with Crippen LogP contribution in [-0.4, -0.2) is 28.3 Å². The van der Waals surface area contributed by atoms with Gasteiger partial charge < -0.3 is 15.5 Å². The van der Waals surface area contributed by atoms with E-state index in [1.165, 1.54) is 0 Å². The van der Waals surface area contributed by atoms with Crippen LogP contribution in [0.5, 0.6) is 0 Å². The molecule has 0 saturated heterocycles. The number of rotatable bonds is 4. The van der Waals surface area contributed by atoms with E-state index in [1.54, 1.807) is 0 Å². The number of oxazole rings is 1. The molecule has 3 rings (SSSR count). The van der Waals surface area contributed by atoms with Crippen molar-refractivity contribution in [3.63, 3.8) is 0 Å². The fraction of sp³-hybridized carbons (Fsp3) is 0.389. The van der Waals surface area contributed by atoms with Gasteiger partial charge in [0, 0.05) is 11.3 Å². The van der Waals surface area contributed by atoms with Gasteiger partial charge in [-0.1, -0.05) is 0 Å². The van der Waals surface area contributed by atoms with E-state index < -0.39 is 64.7 Å². The molecule has 0 fully saturated rings. The molecular weight excluding hydrogens is 418 g/mol. The van der Waals surface area contributed by atoms with Gasteiger partial charge in [0.05, 0.1) is 6.42 Å². The number of benzene rings is 1. The fourth-order valence-electron chi connectivity index (χ4n) is 3.04. The van der Waals surface area contributed by atoms with Crippen LogP contribution in [0.15, 0.2) is 33.9 Å². The number of amides is 1. The number of anilines is 1. The van der Waals surface area contributed by atoms with Crippen LogP contribution in [0.2, 0.25) is 0 Å². The van der Waals surface area contributed by atoms with Crippen LogP contribution < -0.4 is 11.1 Å². The third kappa shape index (κ3) is 3.61. The zero-order valence-corrected chi connectivity index (χ0v) is 15.6. The van der Waals surface area contributed by atoms with Gasteiger partial charge in [0.15, 0.2) is 16.9 Å². The highest BCUT2D eigenvalue weighted by atomic mass is 19.3. The molecule has 3 N–H and O–H groups in total. The molecule has 0 spiro atoms. The second-order valence-electron chi connectivity index (χ2n) is 7.17. The van der Waals surface area contributed by atoms with E-state index in [0.717, 1.165) is 32.0 Å². The molecule has 1 aromatic carbocycles. The number of hydrogen-bond donors (Lipinski definition) is 2. The van der Waals surface area contributed by atoms with Crippen molar-refractivity contribution >= 4 is 17.4 Å². The van der Waals surface area contributed by atoms with Crippen LogP contribution >= 0.6 is 0 Å². The summed E-state index contributed by atoms with van der Waals surface area (Å²) in [5.74, 6) is -7.60. The van der Waals surface area contributed by atoms with Crippen molar-refractivity contribution in [1.29, 1.82) is 0 Å². The van der Waals surface area contributed by atoms with Crippen molar-refractivity contribution in [2.24, 2.45) is 10.7 Å². The molecule has 0 saturated carbocycles. The molecule has 2 heterocycles. The van der Waals surface area contributed by atoms with Gasteiger partial charge in [0.2, 0.25) is 0 Å². The van der Waals surface area contributed by atoms with E-state index >= 15 is 0 Å². The molecule has 2 atom stereocenters. The summed E-state index contributed by atoms with van der Waals surface area (Å²) in [6.07, 6.45) is -3.68. The van der Waals surface area contributed by atoms with Crippen LogP contribution in [0.4, 0.5) is 32.0 Å². The highest BCUT2D eigenvalue weighted by Gasteiger charge is 2.60. The van der Waals surface area contributed by atoms with E-state index in [9.17, 15) is 31.1 Å². The van der Waals surface area contributed by atoms with Crippen LogP contribution in [0.3, 0.4) is 0 Å². The monoisotopic (exact) mass is 434 g/mol. The van der Waals surface area contributed by atoms with E-state index in [1.807, 2.05) is 0 Å². The zero-order chi connectivity index (χ0) is 22.5. The molecule has 12 heteroatoms. The van der Waals surface area contributed by atoms with Crippen LogP contribution in [0.25, 0.3) is 0 Å². The maximum absolute atomic E-state index is 14.8. The van der Waals surface area contributed by atoms with E-state index in [-0.39, 0.29) is 5.69 Å². The Morgan fingerprint density at radius 2 is 1.93 bits per heavy atom. The summed E-state index contributed by atoms with van der Waals surface area (Å²) in [6, 6.07) is 2.74. The summed E-state index contributed by atoms with van der Waals surface area (Å²) in [5, 5.41) is 2.22. The second kappa shape index (κ2) is 7.03. The lowest BCUT2D eigenvalue weighted by Crippen LogP contribution is -2.56. The van der Waals surface area contributed by atoms with Crippen molar-refractivity contribution in [2.45, 2.75) is 43.8 Å². The van der Waals surface area contributed by atoms with Gasteiger partial charge in [-0.2, -0.15) is 8.78 Å². The van der Waals surface area contributed by atoms with E-state index in [0.29, 0.717) is 6.26 Å². The predicted molar refractivity (Wildman–Crippen MR) is 93.9 cm³/mol. The average molecular weight is 434 g/mol. The van der Waals surface area contributed by atoms with Crippen molar-refractivity contribution < 1.29 is 35.6 Å². The Balaban J connectivity index is 1.97. The summed E-state index contributed by atoms with van der Waals surface area (Å²) >= 11 is 0. The van der Waals surface area contributed by atoms with Gasteiger partial charge in [0.1, 0.15) is 17.9 Å². The van der Waals surface area contributed by atoms with E-state index in [2.05, 4.69) is 19.7 Å². The van der Waals surface area contributed by atoms with Gasteiger partial charge in [-0.05, 0) is 32.0 Å². The van der Waals surface area contributed by atoms with Gasteiger partial charge in [-0.3, -0.25) is 9.79 Å². The molecule has 0 radical (unpaired) electrons. The minimum atomic E-state index is -3.82. The Bertz CT molecular complexity index is 1020. The van der Waals surface area contributed by atoms with Gasteiger partial charge in [-0.15, -0.1) is 0 Å². The Labute approximate surface area is 166 Å². The molecule has 1 aromatic heterocycles. The maximum atomic E-state index is 14.8. The molecule has 1 aliphatic heterocycles. The topological polar surface area (TPSA) is 93.5 Å². The van der Waals surface area contributed by atoms with Crippen LogP contribution in [0.1, 0.15) is 48.6 Å². The normalized spacial score (nSPS) is 25.8. The molecule has 0 aliphatic carbocycles. The minimum absolute atomic E-state index is 0.155. The lowest BCUT2D eigenvalue weighted by Gasteiger charge is -2.42. The highest BCUT2D eigenvalue weighted by molar-refractivity contribution is 6.02. The molecule has 30 heavy (non-hydrogen) atoms. The average Bonchev–Trinajstić information content (AvgIpc) is 3.11. The number of nitrogens with one attached hydrogen (secondary N) is 1. The quantitative estimate of drug-likeness (QED) is 0.700. The van der Waals surface area contributed by atoms with Crippen molar-refractivity contribution in [3.05, 3.63) is 47.4 Å². The van der Waals surface area contributed by atoms with Crippen molar-refractivity contribution in [2.75, 3.05) is 5.32 Å². The summed E-state index contributed by atoms with van der Waals surface area (Å²) in [6.45, 7) is 1.74. The van der Waals surface area contributed by atoms with Crippen LogP contribution in [0, 0.1) is 5.82 Å². The number of aromatic nitrogens is 1. The highest BCUT2D eigenvalue weighted by Crippen LogP contribution is 2.50. The van der Waals surface area contributed by atoms with Gasteiger partial charge >= 0.3 is 6.43 Å². The first kappa shape index (κ1) is 21.7. The van der Waals surface area contributed by atoms with Gasteiger partial charge in [-0.25, -0.2) is 22.5 Å². The molecule has 1 amide bonds. The number of halogens is 6. The Kier molecular flexibility index (Phi) is 5.07. The molecule has 6 nitrogen and oxygen atoms in total. The van der Waals surface area contributed by atoms with Gasteiger partial charge in [0.25, 0.3) is 17.7 Å². The molecule has 0 bridgehead atoms. The first-order chi connectivity index (χ1) is 13.8. The number of carbonyl (C=O) groups excluding carboxylic acids is 1. The largest absolute Gasteiger partial charge is 0.443 e. The third-order valence-electron chi connectivity index (χ3n) is 4.83. The first-order valence-corrected chi connectivity index (χ1v) is 8.54. The number of nitrogens with two attached hydrogens (primary N) is 1. The minimum Gasteiger partial charge on any atom is -0.443 e. The summed E-state index contributed by atoms with van der Waals surface area (Å²) in [4.78, 5) is 19.0. The lowest BCUT2D eigenvalue weighted by molar-refractivity contribution is -0.106. The summed E-state index contributed by atoms with van der Waals surface area (Å²) in [5.41, 5.74) is -0.942. The second-order valence-corrected chi connectivity index (χ2v) is 7.17. The number of aliphatic imine (C=N–C) groups is 1. The standard InChI is InChI=1S/C18H16F6N4O2/c1-16(22)7-18(23,24)17(2,28-15(16)25)9-5-8(3-4-10(9)19)26-13(29)11-6-30-14(27-11)12(20)21/h3-6,12H,7H2,1-2H3,(H2,25,28)(H,26,29)/t16-,17+/m0/s1. The first-order valence-electron chi connectivity index (χ1n) is 8.54. The number of alkyl halides is 5. The number of amidine groups is 1. The predicted octanol–water partition coefficient (Wildman–Crippen LogP) is 4.34.